The Hall–Kier alpha value is -11.2. The lowest BCUT2D eigenvalue weighted by molar-refractivity contribution is 0.274. The zero-order valence-electron chi connectivity index (χ0n) is 54.6. The summed E-state index contributed by atoms with van der Waals surface area (Å²) in [6.45, 7) is 12.8. The highest BCUT2D eigenvalue weighted by Crippen LogP contribution is 2.34. The molecular formula is C69H83N19O8. The second kappa shape index (κ2) is 31.6. The maximum Gasteiger partial charge on any atom is 0.268 e. The summed E-state index contributed by atoms with van der Waals surface area (Å²) in [5.74, 6) is 2.61. The summed E-state index contributed by atoms with van der Waals surface area (Å²) in [5, 5.41) is 43.6. The Morgan fingerprint density at radius 3 is 1.31 bits per heavy atom. The standard InChI is InChI=1S/C24H26N6O3.C23H25N7O2.C22H22N6O3.5H2/c1-14(2)30-13-17(7-9-21(30)31)19-12-26-15(3)22(27-19)24-29-28-23(33-24)18-8-6-16(11-25-4)10-20(18)32-5;1-15-21(23-29-28-22(32-23)17-6-4-16(5-7-17)12-25-2)27-19(13-26-15)18-8-9-20(31)30(14-18)11-3-10-24;1-14-20(22-27-26-21(31-22)16-5-3-15(4-6-16)11-23-2)25-18(12-24-14)17-7-8-19(30)28(13-17)9-10-29;;;;;/h6-10,12-14,25H,11H2,1-5H3;4-9,13-14,25H,3,10-12,24H2,1-2H3;3-8,12-13,23,29H,9-11H2,1-2H3;5*1H. The molecule has 27 heteroatoms. The van der Waals surface area contributed by atoms with Gasteiger partial charge in [0.05, 0.1) is 72.0 Å². The summed E-state index contributed by atoms with van der Waals surface area (Å²) < 4.78 is 28.0. The van der Waals surface area contributed by atoms with Crippen molar-refractivity contribution in [2.75, 3.05) is 41.4 Å². The van der Waals surface area contributed by atoms with Crippen LogP contribution in [0.1, 0.15) is 67.2 Å². The molecule has 0 saturated carbocycles. The summed E-state index contributed by atoms with van der Waals surface area (Å²) in [5.41, 5.74) is 18.5. The maximum atomic E-state index is 12.1. The molecule has 0 unspecified atom stereocenters. The van der Waals surface area contributed by atoms with Gasteiger partial charge in [-0.2, -0.15) is 0 Å². The van der Waals surface area contributed by atoms with Gasteiger partial charge in [-0.3, -0.25) is 29.3 Å². The topological polar surface area (TPSA) is 352 Å². The van der Waals surface area contributed by atoms with Crippen LogP contribution in [0.4, 0.5) is 0 Å². The number of pyridine rings is 3. The fourth-order valence-electron chi connectivity index (χ4n) is 9.98. The van der Waals surface area contributed by atoms with Gasteiger partial charge in [-0.25, -0.2) is 15.0 Å². The molecule has 0 amide bonds. The highest BCUT2D eigenvalue weighted by atomic mass is 16.5. The van der Waals surface area contributed by atoms with Crippen molar-refractivity contribution in [2.24, 2.45) is 5.73 Å². The third-order valence-electron chi connectivity index (χ3n) is 15.1. The number of benzene rings is 3. The zero-order chi connectivity index (χ0) is 67.8. The minimum absolute atomic E-state index is 0. The molecule has 12 rings (SSSR count). The van der Waals surface area contributed by atoms with Crippen LogP contribution >= 0.6 is 0 Å². The molecule has 0 fully saturated rings. The van der Waals surface area contributed by atoms with E-state index in [9.17, 15) is 14.4 Å². The molecule has 0 atom stereocenters. The molecule has 0 spiro atoms. The Balaban J connectivity index is 0.000000266. The van der Waals surface area contributed by atoms with E-state index in [2.05, 4.69) is 66.5 Å². The van der Waals surface area contributed by atoms with Gasteiger partial charge in [0, 0.05) is 111 Å². The molecule has 0 saturated heterocycles. The first kappa shape index (κ1) is 67.7. The van der Waals surface area contributed by atoms with Crippen LogP contribution < -0.4 is 43.1 Å². The van der Waals surface area contributed by atoms with Crippen LogP contribution in [0.15, 0.2) is 168 Å². The fourth-order valence-corrected chi connectivity index (χ4v) is 9.98. The fraction of sp³-hybridized carbons (Fsp3) is 0.261. The summed E-state index contributed by atoms with van der Waals surface area (Å²) in [7, 11) is 7.30. The van der Waals surface area contributed by atoms with E-state index in [-0.39, 0.29) is 54.8 Å². The second-order valence-corrected chi connectivity index (χ2v) is 22.3. The molecule has 6 N–H and O–H groups in total. The van der Waals surface area contributed by atoms with Crippen molar-refractivity contribution >= 4 is 0 Å². The number of rotatable bonds is 22. The zero-order valence-corrected chi connectivity index (χ0v) is 54.6. The van der Waals surface area contributed by atoms with E-state index in [0.29, 0.717) is 105 Å². The van der Waals surface area contributed by atoms with Crippen molar-refractivity contribution in [3.8, 4) is 109 Å². The van der Waals surface area contributed by atoms with Gasteiger partial charge >= 0.3 is 0 Å². The molecule has 0 aliphatic rings. The van der Waals surface area contributed by atoms with Crippen LogP contribution in [0, 0.1) is 20.8 Å². The summed E-state index contributed by atoms with van der Waals surface area (Å²) in [4.78, 5) is 63.5. The van der Waals surface area contributed by atoms with Gasteiger partial charge in [0.2, 0.25) is 11.8 Å². The molecular weight excluding hydrogens is 1220 g/mol. The van der Waals surface area contributed by atoms with Crippen molar-refractivity contribution in [1.82, 2.24) is 90.1 Å². The maximum absolute atomic E-state index is 12.1. The predicted molar refractivity (Wildman–Crippen MR) is 372 cm³/mol. The number of aliphatic hydroxyl groups excluding tert-OH is 1. The van der Waals surface area contributed by atoms with Crippen LogP contribution in [0.2, 0.25) is 0 Å². The molecule has 502 valence electrons. The lowest BCUT2D eigenvalue weighted by atomic mass is 10.1. The van der Waals surface area contributed by atoms with Crippen molar-refractivity contribution in [1.29, 1.82) is 0 Å². The Kier molecular flexibility index (Phi) is 22.3. The molecule has 0 bridgehead atoms. The van der Waals surface area contributed by atoms with Crippen LogP contribution in [0.25, 0.3) is 103 Å². The van der Waals surface area contributed by atoms with E-state index in [1.807, 2.05) is 122 Å². The first-order valence-corrected chi connectivity index (χ1v) is 30.9. The molecule has 27 nitrogen and oxygen atoms in total. The van der Waals surface area contributed by atoms with Gasteiger partial charge in [0.1, 0.15) is 22.8 Å². The SMILES string of the molecule is CNCc1ccc(-c2nnc(-c3nc(-c4ccc(=O)n(C(C)C)c4)cnc3C)o2)c(OC)c1.CNCc1ccc(-c2nnc(-c3nc(-c4ccc(=O)n(CCCN)c4)cnc3C)o2)cc1.CNCc1ccc(-c2nnc(-c3nc(-c4ccc(=O)n(CCO)c4)cnc3C)o2)cc1.[HH].[HH].[HH].[HH].[HH]. The molecule has 9 aromatic heterocycles. The van der Waals surface area contributed by atoms with E-state index in [1.54, 1.807) is 71.6 Å². The van der Waals surface area contributed by atoms with Crippen molar-refractivity contribution in [3.05, 3.63) is 205 Å². The lowest BCUT2D eigenvalue weighted by Gasteiger charge is -2.11. The monoisotopic (exact) mass is 1310 g/mol. The second-order valence-electron chi connectivity index (χ2n) is 22.3. The molecule has 0 aliphatic heterocycles. The van der Waals surface area contributed by atoms with Gasteiger partial charge in [-0.05, 0) is 140 Å². The number of methoxy groups -OCH3 is 1. The minimum atomic E-state index is -0.194. The number of nitrogens with zero attached hydrogens (tertiary/aromatic N) is 15. The molecule has 12 aromatic rings. The van der Waals surface area contributed by atoms with Crippen LogP contribution in [-0.2, 0) is 32.7 Å². The highest BCUT2D eigenvalue weighted by Gasteiger charge is 2.22. The van der Waals surface area contributed by atoms with E-state index in [0.717, 1.165) is 59.4 Å². The van der Waals surface area contributed by atoms with Gasteiger partial charge in [-0.1, -0.05) is 30.3 Å². The Labute approximate surface area is 559 Å². The van der Waals surface area contributed by atoms with E-state index in [1.165, 1.54) is 28.3 Å². The van der Waals surface area contributed by atoms with E-state index >= 15 is 0 Å². The van der Waals surface area contributed by atoms with E-state index in [4.69, 9.17) is 38.8 Å². The van der Waals surface area contributed by atoms with Crippen LogP contribution in [0.5, 0.6) is 5.75 Å². The quantitative estimate of drug-likeness (QED) is 0.0422. The molecule has 9 heterocycles. The number of aryl methyl sites for hydroxylation is 4. The van der Waals surface area contributed by atoms with Gasteiger partial charge in [0.25, 0.3) is 40.2 Å². The normalized spacial score (nSPS) is 11.1. The van der Waals surface area contributed by atoms with Crippen LogP contribution in [0.3, 0.4) is 0 Å². The average Bonchev–Trinajstić information content (AvgIpc) is 1.77. The molecule has 0 aliphatic carbocycles. The number of nitrogens with two attached hydrogens (primary N) is 1. The Morgan fingerprint density at radius 2 is 0.885 bits per heavy atom. The largest absolute Gasteiger partial charge is 0.496 e. The molecule has 0 radical (unpaired) electrons. The summed E-state index contributed by atoms with van der Waals surface area (Å²) in [6.07, 6.45) is 10.9. The Bertz CT molecular complexity index is 4830. The van der Waals surface area contributed by atoms with E-state index < -0.39 is 0 Å². The third-order valence-corrected chi connectivity index (χ3v) is 15.1. The van der Waals surface area contributed by atoms with Crippen LogP contribution in [-0.4, -0.2) is 121 Å². The predicted octanol–water partition coefficient (Wildman–Crippen LogP) is 9.31. The van der Waals surface area contributed by atoms with Gasteiger partial charge in [0.15, 0.2) is 0 Å². The van der Waals surface area contributed by atoms with Crippen molar-refractivity contribution < 1.29 is 30.2 Å². The first-order chi connectivity index (χ1) is 46.6. The smallest absolute Gasteiger partial charge is 0.268 e. The average molecular weight is 1310 g/mol. The Morgan fingerprint density at radius 1 is 0.500 bits per heavy atom. The molecule has 96 heavy (non-hydrogen) atoms. The van der Waals surface area contributed by atoms with Gasteiger partial charge in [-0.15, -0.1) is 30.6 Å². The number of aliphatic hydroxyl groups is 1. The lowest BCUT2D eigenvalue weighted by Crippen LogP contribution is -2.20. The number of aromatic nitrogens is 15. The van der Waals surface area contributed by atoms with Crippen molar-refractivity contribution in [2.45, 2.75) is 79.8 Å². The number of ether oxygens (including phenoxy) is 1. The summed E-state index contributed by atoms with van der Waals surface area (Å²) in [6, 6.07) is 31.3. The first-order valence-electron chi connectivity index (χ1n) is 30.9. The number of nitrogens with one attached hydrogen (secondary N) is 3. The molecule has 3 aromatic carbocycles. The highest BCUT2D eigenvalue weighted by molar-refractivity contribution is 5.68. The minimum Gasteiger partial charge on any atom is -0.496 e. The number of hydrogen-bond donors (Lipinski definition) is 5. The number of hydrogen-bond acceptors (Lipinski definition) is 24. The van der Waals surface area contributed by atoms with Crippen molar-refractivity contribution in [3.63, 3.8) is 0 Å². The van der Waals surface area contributed by atoms with Gasteiger partial charge < -0.3 is 58.5 Å². The summed E-state index contributed by atoms with van der Waals surface area (Å²) >= 11 is 0. The third kappa shape index (κ3) is 16.2.